The molecule has 3 nitrogen and oxygen atoms in total. The van der Waals surface area contributed by atoms with Gasteiger partial charge in [0.05, 0.1) is 0 Å². The van der Waals surface area contributed by atoms with Crippen LogP contribution in [0, 0.1) is 11.7 Å². The van der Waals surface area contributed by atoms with Crippen LogP contribution in [-0.2, 0) is 11.3 Å². The summed E-state index contributed by atoms with van der Waals surface area (Å²) in [7, 11) is 0. The molecule has 1 saturated heterocycles. The topological polar surface area (TPSA) is 40.5 Å². The van der Waals surface area contributed by atoms with Gasteiger partial charge in [0.25, 0.3) is 0 Å². The quantitative estimate of drug-likeness (QED) is 0.843. The van der Waals surface area contributed by atoms with E-state index in [4.69, 9.17) is 5.11 Å². The first kappa shape index (κ1) is 15.7. The summed E-state index contributed by atoms with van der Waals surface area (Å²) in [6.45, 7) is 5.08. The number of likely N-dealkylation sites (tertiary alicyclic amines) is 1. The van der Waals surface area contributed by atoms with Crippen molar-refractivity contribution in [2.24, 2.45) is 5.92 Å². The van der Waals surface area contributed by atoms with Crippen molar-refractivity contribution < 1.29 is 14.3 Å². The Kier molecular flexibility index (Phi) is 5.51. The zero-order valence-electron chi connectivity index (χ0n) is 12.4. The molecule has 1 aromatic rings. The van der Waals surface area contributed by atoms with Crippen LogP contribution in [0.1, 0.15) is 37.3 Å². The summed E-state index contributed by atoms with van der Waals surface area (Å²) in [4.78, 5) is 13.0. The lowest BCUT2D eigenvalue weighted by molar-refractivity contribution is -0.131. The van der Waals surface area contributed by atoms with Crippen LogP contribution in [0.15, 0.2) is 24.3 Å². The first-order chi connectivity index (χ1) is 10.1. The van der Waals surface area contributed by atoms with Gasteiger partial charge in [0, 0.05) is 19.2 Å². The molecule has 0 bridgehead atoms. The number of halogens is 1. The number of hydrogen-bond acceptors (Lipinski definition) is 2. The Bertz CT molecular complexity index is 528. The summed E-state index contributed by atoms with van der Waals surface area (Å²) in [6, 6.07) is 4.59. The van der Waals surface area contributed by atoms with Gasteiger partial charge in [0.1, 0.15) is 5.82 Å². The van der Waals surface area contributed by atoms with Crippen molar-refractivity contribution in [3.63, 3.8) is 0 Å². The second-order valence-electron chi connectivity index (χ2n) is 5.67. The smallest absolute Gasteiger partial charge is 0.328 e. The molecule has 21 heavy (non-hydrogen) atoms. The van der Waals surface area contributed by atoms with E-state index in [9.17, 15) is 9.18 Å². The summed E-state index contributed by atoms with van der Waals surface area (Å²) in [5.74, 6) is -0.625. The number of rotatable bonds is 5. The van der Waals surface area contributed by atoms with Gasteiger partial charge in [-0.2, -0.15) is 0 Å². The zero-order valence-corrected chi connectivity index (χ0v) is 12.4. The van der Waals surface area contributed by atoms with Crippen molar-refractivity contribution in [1.82, 2.24) is 4.90 Å². The molecule has 1 aromatic carbocycles. The van der Waals surface area contributed by atoms with Gasteiger partial charge in [0.15, 0.2) is 0 Å². The fraction of sp³-hybridized carbons (Fsp3) is 0.471. The van der Waals surface area contributed by atoms with E-state index in [2.05, 4.69) is 11.8 Å². The molecular weight excluding hydrogens is 269 g/mol. The highest BCUT2D eigenvalue weighted by Crippen LogP contribution is 2.22. The predicted molar refractivity (Wildman–Crippen MR) is 81.4 cm³/mol. The van der Waals surface area contributed by atoms with E-state index in [0.29, 0.717) is 5.56 Å². The number of carbonyl (C=O) groups is 1. The van der Waals surface area contributed by atoms with Gasteiger partial charge in [-0.05, 0) is 54.6 Å². The lowest BCUT2D eigenvalue weighted by atomic mass is 9.95. The lowest BCUT2D eigenvalue weighted by Gasteiger charge is -2.32. The molecule has 1 aliphatic rings. The fourth-order valence-corrected chi connectivity index (χ4v) is 2.90. The number of hydrogen-bond donors (Lipinski definition) is 1. The van der Waals surface area contributed by atoms with Gasteiger partial charge in [-0.15, -0.1) is 0 Å². The molecule has 1 N–H and O–H groups in total. The van der Waals surface area contributed by atoms with Gasteiger partial charge >= 0.3 is 5.97 Å². The molecule has 0 saturated carbocycles. The number of aliphatic carboxylic acids is 1. The van der Waals surface area contributed by atoms with E-state index < -0.39 is 5.97 Å². The van der Waals surface area contributed by atoms with Gasteiger partial charge in [-0.1, -0.05) is 19.4 Å². The van der Waals surface area contributed by atoms with E-state index in [0.717, 1.165) is 37.2 Å². The lowest BCUT2D eigenvalue weighted by Crippen LogP contribution is -2.34. The second kappa shape index (κ2) is 7.36. The Balaban J connectivity index is 2.13. The van der Waals surface area contributed by atoms with Gasteiger partial charge in [-0.3, -0.25) is 4.90 Å². The molecule has 1 unspecified atom stereocenters. The molecule has 1 heterocycles. The van der Waals surface area contributed by atoms with Gasteiger partial charge in [-0.25, -0.2) is 9.18 Å². The van der Waals surface area contributed by atoms with Crippen LogP contribution in [0.3, 0.4) is 0 Å². The standard InChI is InChI=1S/C17H22FNO2/c1-2-13-4-3-9-19(11-13)12-15-5-7-16(18)10-14(15)6-8-17(20)21/h5-8,10,13H,2-4,9,11-12H2,1H3,(H,20,21). The van der Waals surface area contributed by atoms with Crippen molar-refractivity contribution >= 4 is 12.0 Å². The highest BCUT2D eigenvalue weighted by Gasteiger charge is 2.19. The minimum atomic E-state index is -1.02. The van der Waals surface area contributed by atoms with Crippen LogP contribution < -0.4 is 0 Å². The Morgan fingerprint density at radius 3 is 3.05 bits per heavy atom. The van der Waals surface area contributed by atoms with Gasteiger partial charge < -0.3 is 5.11 Å². The highest BCUT2D eigenvalue weighted by atomic mass is 19.1. The molecule has 0 aliphatic carbocycles. The van der Waals surface area contributed by atoms with E-state index in [1.54, 1.807) is 6.07 Å². The van der Waals surface area contributed by atoms with Crippen LogP contribution in [0.5, 0.6) is 0 Å². The molecule has 1 atom stereocenters. The third-order valence-electron chi connectivity index (χ3n) is 4.09. The van der Waals surface area contributed by atoms with E-state index in [-0.39, 0.29) is 5.82 Å². The Labute approximate surface area is 125 Å². The number of carboxylic acids is 1. The Morgan fingerprint density at radius 2 is 2.33 bits per heavy atom. The van der Waals surface area contributed by atoms with Crippen molar-refractivity contribution in [2.45, 2.75) is 32.7 Å². The molecule has 1 aliphatic heterocycles. The van der Waals surface area contributed by atoms with Crippen LogP contribution >= 0.6 is 0 Å². The summed E-state index contributed by atoms with van der Waals surface area (Å²) >= 11 is 0. The van der Waals surface area contributed by atoms with Crippen LogP contribution in [0.2, 0.25) is 0 Å². The van der Waals surface area contributed by atoms with Crippen LogP contribution in [0.25, 0.3) is 6.08 Å². The molecule has 0 amide bonds. The predicted octanol–water partition coefficient (Wildman–Crippen LogP) is 3.55. The van der Waals surface area contributed by atoms with E-state index in [1.165, 1.54) is 37.5 Å². The largest absolute Gasteiger partial charge is 0.478 e. The molecule has 1 fully saturated rings. The SMILES string of the molecule is CCC1CCCN(Cc2ccc(F)cc2C=CC(=O)O)C1. The van der Waals surface area contributed by atoms with Crippen molar-refractivity contribution in [2.75, 3.05) is 13.1 Å². The average molecular weight is 291 g/mol. The zero-order chi connectivity index (χ0) is 15.2. The third-order valence-corrected chi connectivity index (χ3v) is 4.09. The molecule has 4 heteroatoms. The summed E-state index contributed by atoms with van der Waals surface area (Å²) in [5.41, 5.74) is 1.63. The monoisotopic (exact) mass is 291 g/mol. The highest BCUT2D eigenvalue weighted by molar-refractivity contribution is 5.85. The van der Waals surface area contributed by atoms with Crippen LogP contribution in [-0.4, -0.2) is 29.1 Å². The molecular formula is C17H22FNO2. The van der Waals surface area contributed by atoms with E-state index >= 15 is 0 Å². The summed E-state index contributed by atoms with van der Waals surface area (Å²) in [6.07, 6.45) is 6.19. The van der Waals surface area contributed by atoms with E-state index in [1.807, 2.05) is 0 Å². The first-order valence-corrected chi connectivity index (χ1v) is 7.50. The maximum atomic E-state index is 13.4. The average Bonchev–Trinajstić information content (AvgIpc) is 2.47. The number of nitrogens with zero attached hydrogens (tertiary/aromatic N) is 1. The number of carboxylic acid groups (broad SMARTS) is 1. The Hall–Kier alpha value is -1.68. The fourth-order valence-electron chi connectivity index (χ4n) is 2.90. The Morgan fingerprint density at radius 1 is 1.52 bits per heavy atom. The summed E-state index contributed by atoms with van der Waals surface area (Å²) < 4.78 is 13.4. The minimum absolute atomic E-state index is 0.339. The van der Waals surface area contributed by atoms with Crippen molar-refractivity contribution in [1.29, 1.82) is 0 Å². The maximum absolute atomic E-state index is 13.4. The molecule has 0 spiro atoms. The van der Waals surface area contributed by atoms with Crippen molar-refractivity contribution in [3.8, 4) is 0 Å². The van der Waals surface area contributed by atoms with Crippen molar-refractivity contribution in [3.05, 3.63) is 41.2 Å². The maximum Gasteiger partial charge on any atom is 0.328 e. The summed E-state index contributed by atoms with van der Waals surface area (Å²) in [5, 5.41) is 8.73. The normalized spacial score (nSPS) is 20.0. The number of benzene rings is 1. The molecule has 0 aromatic heterocycles. The molecule has 0 radical (unpaired) electrons. The number of piperidine rings is 1. The first-order valence-electron chi connectivity index (χ1n) is 7.50. The van der Waals surface area contributed by atoms with Gasteiger partial charge in [0.2, 0.25) is 0 Å². The molecule has 114 valence electrons. The second-order valence-corrected chi connectivity index (χ2v) is 5.67. The minimum Gasteiger partial charge on any atom is -0.478 e. The molecule has 2 rings (SSSR count). The third kappa shape index (κ3) is 4.67. The van der Waals surface area contributed by atoms with Crippen LogP contribution in [0.4, 0.5) is 4.39 Å².